The Morgan fingerprint density at radius 3 is 2.57 bits per heavy atom. The van der Waals surface area contributed by atoms with E-state index in [1.165, 1.54) is 0 Å². The molecule has 120 valence electrons. The fourth-order valence-corrected chi connectivity index (χ4v) is 2.00. The van der Waals surface area contributed by atoms with Gasteiger partial charge in [-0.1, -0.05) is 6.92 Å². The molecule has 0 spiro atoms. The number of hydrogen-bond acceptors (Lipinski definition) is 7. The van der Waals surface area contributed by atoms with E-state index in [0.717, 1.165) is 50.6 Å². The highest BCUT2D eigenvalue weighted by atomic mass is 16.5. The molecule has 0 aliphatic heterocycles. The van der Waals surface area contributed by atoms with Crippen LogP contribution in [0.2, 0.25) is 0 Å². The van der Waals surface area contributed by atoms with Crippen LogP contribution in [0, 0.1) is 0 Å². The van der Waals surface area contributed by atoms with Crippen LogP contribution in [-0.2, 0) is 15.9 Å². The molecule has 0 fully saturated rings. The van der Waals surface area contributed by atoms with Gasteiger partial charge in [0.25, 0.3) is 0 Å². The lowest BCUT2D eigenvalue weighted by Crippen LogP contribution is -2.30. The van der Waals surface area contributed by atoms with E-state index in [9.17, 15) is 0 Å². The van der Waals surface area contributed by atoms with Gasteiger partial charge in [0.05, 0.1) is 6.61 Å². The summed E-state index contributed by atoms with van der Waals surface area (Å²) in [6.45, 7) is 5.09. The number of aryl methyl sites for hydroxylation is 1. The predicted molar refractivity (Wildman–Crippen MR) is 84.4 cm³/mol. The van der Waals surface area contributed by atoms with Crippen molar-refractivity contribution in [1.82, 2.24) is 9.97 Å². The lowest BCUT2D eigenvalue weighted by atomic mass is 10.3. The monoisotopic (exact) mass is 297 g/mol. The van der Waals surface area contributed by atoms with Crippen LogP contribution in [0.1, 0.15) is 25.6 Å². The Morgan fingerprint density at radius 1 is 1.19 bits per heavy atom. The van der Waals surface area contributed by atoms with Crippen molar-refractivity contribution in [3.8, 4) is 0 Å². The molecule has 21 heavy (non-hydrogen) atoms. The molecule has 3 N–H and O–H groups in total. The van der Waals surface area contributed by atoms with Gasteiger partial charge in [0, 0.05) is 46.4 Å². The molecule has 1 aromatic rings. The number of hydrazine groups is 1. The highest BCUT2D eigenvalue weighted by Crippen LogP contribution is 2.16. The smallest absolute Gasteiger partial charge is 0.145 e. The molecule has 0 amide bonds. The number of nitrogens with zero attached hydrogens (tertiary/aromatic N) is 3. The minimum absolute atomic E-state index is 0.637. The zero-order valence-electron chi connectivity index (χ0n) is 13.3. The quantitative estimate of drug-likeness (QED) is 0.360. The Labute approximate surface area is 126 Å². The van der Waals surface area contributed by atoms with Crippen LogP contribution in [0.15, 0.2) is 6.07 Å². The summed E-state index contributed by atoms with van der Waals surface area (Å²) in [7, 11) is 3.41. The SMILES string of the molecule is CCCc1nc(NN)cc(N(CCCOC)CCOC)n1. The average Bonchev–Trinajstić information content (AvgIpc) is 2.50. The van der Waals surface area contributed by atoms with Crippen LogP contribution in [0.25, 0.3) is 0 Å². The number of aromatic nitrogens is 2. The van der Waals surface area contributed by atoms with Gasteiger partial charge in [-0.2, -0.15) is 0 Å². The van der Waals surface area contributed by atoms with Crippen LogP contribution in [-0.4, -0.2) is 50.5 Å². The number of anilines is 2. The molecule has 0 bridgehead atoms. The van der Waals surface area contributed by atoms with E-state index in [1.807, 2.05) is 6.07 Å². The molecule has 7 nitrogen and oxygen atoms in total. The zero-order chi connectivity index (χ0) is 15.5. The topological polar surface area (TPSA) is 85.5 Å². The Kier molecular flexibility index (Phi) is 8.65. The van der Waals surface area contributed by atoms with Crippen LogP contribution in [0.4, 0.5) is 11.6 Å². The first-order valence-corrected chi connectivity index (χ1v) is 7.32. The fourth-order valence-electron chi connectivity index (χ4n) is 2.00. The molecule has 1 heterocycles. The summed E-state index contributed by atoms with van der Waals surface area (Å²) in [5, 5.41) is 0. The zero-order valence-corrected chi connectivity index (χ0v) is 13.3. The Hall–Kier alpha value is -1.44. The maximum Gasteiger partial charge on any atom is 0.145 e. The molecule has 0 saturated heterocycles. The Morgan fingerprint density at radius 2 is 1.95 bits per heavy atom. The van der Waals surface area contributed by atoms with Crippen molar-refractivity contribution in [2.24, 2.45) is 5.84 Å². The van der Waals surface area contributed by atoms with Gasteiger partial charge in [-0.15, -0.1) is 0 Å². The van der Waals surface area contributed by atoms with Crippen LogP contribution in [0.3, 0.4) is 0 Å². The Bertz CT molecular complexity index is 403. The van der Waals surface area contributed by atoms with E-state index >= 15 is 0 Å². The van der Waals surface area contributed by atoms with Crippen LogP contribution in [0.5, 0.6) is 0 Å². The molecule has 0 aliphatic rings. The van der Waals surface area contributed by atoms with E-state index in [-0.39, 0.29) is 0 Å². The van der Waals surface area contributed by atoms with Crippen LogP contribution < -0.4 is 16.2 Å². The van der Waals surface area contributed by atoms with Gasteiger partial charge < -0.3 is 19.8 Å². The summed E-state index contributed by atoms with van der Waals surface area (Å²) in [5.74, 6) is 7.81. The summed E-state index contributed by atoms with van der Waals surface area (Å²) < 4.78 is 10.3. The molecule has 0 atom stereocenters. The highest BCUT2D eigenvalue weighted by Gasteiger charge is 2.11. The number of rotatable bonds is 11. The van der Waals surface area contributed by atoms with E-state index in [2.05, 4.69) is 27.2 Å². The lowest BCUT2D eigenvalue weighted by Gasteiger charge is -2.24. The van der Waals surface area contributed by atoms with Crippen molar-refractivity contribution >= 4 is 11.6 Å². The highest BCUT2D eigenvalue weighted by molar-refractivity contribution is 5.49. The van der Waals surface area contributed by atoms with Crippen molar-refractivity contribution in [2.45, 2.75) is 26.2 Å². The lowest BCUT2D eigenvalue weighted by molar-refractivity contribution is 0.191. The van der Waals surface area contributed by atoms with Gasteiger partial charge in [0.2, 0.25) is 0 Å². The largest absolute Gasteiger partial charge is 0.385 e. The second-order valence-electron chi connectivity index (χ2n) is 4.75. The van der Waals surface area contributed by atoms with Crippen molar-refractivity contribution in [2.75, 3.05) is 50.8 Å². The third kappa shape index (κ3) is 6.24. The first-order chi connectivity index (χ1) is 10.2. The average molecular weight is 297 g/mol. The summed E-state index contributed by atoms with van der Waals surface area (Å²) in [4.78, 5) is 11.2. The molecule has 0 radical (unpaired) electrons. The molecule has 1 aromatic heterocycles. The maximum absolute atomic E-state index is 5.50. The van der Waals surface area contributed by atoms with Crippen molar-refractivity contribution in [1.29, 1.82) is 0 Å². The minimum atomic E-state index is 0.637. The predicted octanol–water partition coefficient (Wildman–Crippen LogP) is 1.20. The number of nitrogens with one attached hydrogen (secondary N) is 1. The van der Waals surface area contributed by atoms with Crippen molar-refractivity contribution in [3.05, 3.63) is 11.9 Å². The molecule has 7 heteroatoms. The van der Waals surface area contributed by atoms with E-state index in [1.54, 1.807) is 14.2 Å². The molecule has 0 unspecified atom stereocenters. The summed E-state index contributed by atoms with van der Waals surface area (Å²) in [6, 6.07) is 1.86. The standard InChI is InChI=1S/C14H27N5O2/c1-4-6-12-16-13(18-15)11-14(17-12)19(8-10-21-3)7-5-9-20-2/h11H,4-10,15H2,1-3H3,(H,16,17,18). The number of nitrogen functional groups attached to an aromatic ring is 1. The van der Waals surface area contributed by atoms with Gasteiger partial charge in [-0.05, 0) is 12.8 Å². The van der Waals surface area contributed by atoms with E-state index in [4.69, 9.17) is 15.3 Å². The summed E-state index contributed by atoms with van der Waals surface area (Å²) in [5.41, 5.74) is 2.61. The second-order valence-corrected chi connectivity index (χ2v) is 4.75. The third-order valence-corrected chi connectivity index (χ3v) is 3.05. The third-order valence-electron chi connectivity index (χ3n) is 3.05. The fraction of sp³-hybridized carbons (Fsp3) is 0.714. The van der Waals surface area contributed by atoms with Crippen molar-refractivity contribution < 1.29 is 9.47 Å². The summed E-state index contributed by atoms with van der Waals surface area (Å²) >= 11 is 0. The maximum atomic E-state index is 5.50. The number of nitrogens with two attached hydrogens (primary N) is 1. The molecule has 0 aromatic carbocycles. The number of ether oxygens (including phenoxy) is 2. The van der Waals surface area contributed by atoms with Crippen LogP contribution >= 0.6 is 0 Å². The summed E-state index contributed by atoms with van der Waals surface area (Å²) in [6.07, 6.45) is 2.76. The molecular formula is C14H27N5O2. The van der Waals surface area contributed by atoms with Gasteiger partial charge in [0.15, 0.2) is 0 Å². The molecule has 0 saturated carbocycles. The van der Waals surface area contributed by atoms with Gasteiger partial charge >= 0.3 is 0 Å². The minimum Gasteiger partial charge on any atom is -0.385 e. The Balaban J connectivity index is 2.89. The van der Waals surface area contributed by atoms with E-state index in [0.29, 0.717) is 12.4 Å². The molecular weight excluding hydrogens is 270 g/mol. The van der Waals surface area contributed by atoms with E-state index < -0.39 is 0 Å². The molecule has 1 rings (SSSR count). The second kappa shape index (κ2) is 10.3. The molecule has 0 aliphatic carbocycles. The number of hydrogen-bond donors (Lipinski definition) is 2. The van der Waals surface area contributed by atoms with Gasteiger partial charge in [0.1, 0.15) is 17.5 Å². The first kappa shape index (κ1) is 17.6. The first-order valence-electron chi connectivity index (χ1n) is 7.32. The number of methoxy groups -OCH3 is 2. The van der Waals surface area contributed by atoms with Gasteiger partial charge in [-0.3, -0.25) is 0 Å². The van der Waals surface area contributed by atoms with Gasteiger partial charge in [-0.25, -0.2) is 15.8 Å². The normalized spacial score (nSPS) is 10.7. The van der Waals surface area contributed by atoms with Crippen molar-refractivity contribution in [3.63, 3.8) is 0 Å².